The van der Waals surface area contributed by atoms with Crippen LogP contribution in [-0.2, 0) is 13.1 Å². The first-order valence-electron chi connectivity index (χ1n) is 7.55. The van der Waals surface area contributed by atoms with E-state index in [0.29, 0.717) is 34.8 Å². The maximum atomic E-state index is 12.1. The van der Waals surface area contributed by atoms with Crippen LogP contribution in [0, 0.1) is 0 Å². The summed E-state index contributed by atoms with van der Waals surface area (Å²) in [5, 5.41) is 1.26. The van der Waals surface area contributed by atoms with Crippen molar-refractivity contribution in [2.75, 3.05) is 14.2 Å². The van der Waals surface area contributed by atoms with Gasteiger partial charge in [0.25, 0.3) is 5.56 Å². The van der Waals surface area contributed by atoms with Crippen LogP contribution in [0.4, 0.5) is 0 Å². The van der Waals surface area contributed by atoms with Crippen molar-refractivity contribution in [1.29, 1.82) is 0 Å². The van der Waals surface area contributed by atoms with Gasteiger partial charge in [-0.1, -0.05) is 23.7 Å². The first-order chi connectivity index (χ1) is 11.6. The number of nitrogens with zero attached hydrogens (tertiary/aromatic N) is 2. The number of rotatable bonds is 5. The van der Waals surface area contributed by atoms with E-state index in [2.05, 4.69) is 9.97 Å². The van der Waals surface area contributed by atoms with E-state index in [1.807, 2.05) is 42.3 Å². The van der Waals surface area contributed by atoms with Gasteiger partial charge in [-0.15, -0.1) is 0 Å². The molecule has 5 nitrogen and oxygen atoms in total. The van der Waals surface area contributed by atoms with Gasteiger partial charge in [0.2, 0.25) is 0 Å². The van der Waals surface area contributed by atoms with Crippen molar-refractivity contribution in [2.45, 2.75) is 13.1 Å². The fourth-order valence-corrected chi connectivity index (χ4v) is 2.88. The Kier molecular flexibility index (Phi) is 4.83. The summed E-state index contributed by atoms with van der Waals surface area (Å²) in [6.07, 6.45) is 0. The van der Waals surface area contributed by atoms with Crippen LogP contribution in [0.15, 0.2) is 47.3 Å². The number of aromatic amines is 1. The topological polar surface area (TPSA) is 58.2 Å². The molecule has 1 heterocycles. The summed E-state index contributed by atoms with van der Waals surface area (Å²) < 4.78 is 5.37. The molecule has 6 heteroatoms. The van der Waals surface area contributed by atoms with Gasteiger partial charge in [0.1, 0.15) is 11.6 Å². The highest BCUT2D eigenvalue weighted by Gasteiger charge is 2.10. The Balaban J connectivity index is 1.81. The smallest absolute Gasteiger partial charge is 0.258 e. The van der Waals surface area contributed by atoms with Gasteiger partial charge < -0.3 is 9.72 Å². The van der Waals surface area contributed by atoms with Gasteiger partial charge in [-0.3, -0.25) is 9.69 Å². The lowest BCUT2D eigenvalue weighted by Crippen LogP contribution is -2.22. The monoisotopic (exact) mass is 343 g/mol. The summed E-state index contributed by atoms with van der Waals surface area (Å²) in [7, 11) is 3.59. The number of H-pyrrole nitrogens is 1. The fourth-order valence-electron chi connectivity index (χ4n) is 2.68. The lowest BCUT2D eigenvalue weighted by Gasteiger charge is -2.18. The second-order valence-electron chi connectivity index (χ2n) is 5.66. The Labute approximate surface area is 144 Å². The Hall–Kier alpha value is -2.37. The molecule has 0 fully saturated rings. The van der Waals surface area contributed by atoms with Crippen molar-refractivity contribution in [3.8, 4) is 5.75 Å². The number of aromatic nitrogens is 2. The van der Waals surface area contributed by atoms with E-state index in [-0.39, 0.29) is 5.56 Å². The normalized spacial score (nSPS) is 11.2. The van der Waals surface area contributed by atoms with Gasteiger partial charge in [-0.2, -0.15) is 0 Å². The van der Waals surface area contributed by atoms with Crippen LogP contribution in [0.3, 0.4) is 0 Å². The van der Waals surface area contributed by atoms with Crippen LogP contribution < -0.4 is 10.3 Å². The van der Waals surface area contributed by atoms with Crippen LogP contribution in [0.5, 0.6) is 5.75 Å². The minimum Gasteiger partial charge on any atom is -0.496 e. The lowest BCUT2D eigenvalue weighted by molar-refractivity contribution is 0.303. The number of halogens is 1. The van der Waals surface area contributed by atoms with E-state index in [4.69, 9.17) is 16.3 Å². The Morgan fingerprint density at radius 1 is 1.21 bits per heavy atom. The van der Waals surface area contributed by atoms with E-state index >= 15 is 0 Å². The summed E-state index contributed by atoms with van der Waals surface area (Å²) in [5.74, 6) is 1.41. The van der Waals surface area contributed by atoms with Crippen LogP contribution in [-0.4, -0.2) is 29.0 Å². The van der Waals surface area contributed by atoms with Crippen molar-refractivity contribution in [3.05, 3.63) is 69.2 Å². The van der Waals surface area contributed by atoms with E-state index in [1.54, 1.807) is 19.2 Å². The largest absolute Gasteiger partial charge is 0.496 e. The van der Waals surface area contributed by atoms with Crippen LogP contribution in [0.1, 0.15) is 11.4 Å². The summed E-state index contributed by atoms with van der Waals surface area (Å²) in [5.41, 5.74) is 1.56. The van der Waals surface area contributed by atoms with E-state index in [9.17, 15) is 4.79 Å². The third-order valence-corrected chi connectivity index (χ3v) is 4.00. The number of hydrogen-bond donors (Lipinski definition) is 1. The molecule has 0 amide bonds. The highest BCUT2D eigenvalue weighted by Crippen LogP contribution is 2.24. The molecule has 1 aromatic heterocycles. The molecule has 0 radical (unpaired) electrons. The molecule has 24 heavy (non-hydrogen) atoms. The van der Waals surface area contributed by atoms with Crippen molar-refractivity contribution >= 4 is 22.5 Å². The second-order valence-corrected chi connectivity index (χ2v) is 6.09. The van der Waals surface area contributed by atoms with Gasteiger partial charge in [-0.05, 0) is 37.4 Å². The third-order valence-electron chi connectivity index (χ3n) is 3.76. The number of nitrogens with one attached hydrogen (secondary N) is 1. The first-order valence-corrected chi connectivity index (χ1v) is 7.93. The zero-order valence-corrected chi connectivity index (χ0v) is 14.3. The van der Waals surface area contributed by atoms with Crippen LogP contribution >= 0.6 is 11.6 Å². The molecule has 3 rings (SSSR count). The Bertz CT molecular complexity index is 924. The molecule has 0 bridgehead atoms. The molecule has 0 unspecified atom stereocenters. The SMILES string of the molecule is COc1ccc(Cl)cc1CN(C)Cc1nc2ccccc2c(=O)[nH]1. The van der Waals surface area contributed by atoms with Crippen LogP contribution in [0.25, 0.3) is 10.9 Å². The molecular formula is C18H18ClN3O2. The third kappa shape index (κ3) is 3.58. The summed E-state index contributed by atoms with van der Waals surface area (Å²) in [6, 6.07) is 12.8. The molecule has 0 aliphatic heterocycles. The highest BCUT2D eigenvalue weighted by molar-refractivity contribution is 6.30. The van der Waals surface area contributed by atoms with Gasteiger partial charge in [0, 0.05) is 17.1 Å². The van der Waals surface area contributed by atoms with Gasteiger partial charge in [0.15, 0.2) is 0 Å². The van der Waals surface area contributed by atoms with Gasteiger partial charge in [-0.25, -0.2) is 4.98 Å². The first kappa shape index (κ1) is 16.5. The molecule has 0 saturated carbocycles. The Morgan fingerprint density at radius 3 is 2.79 bits per heavy atom. The minimum absolute atomic E-state index is 0.121. The molecule has 0 saturated heterocycles. The predicted octanol–water partition coefficient (Wildman–Crippen LogP) is 3.22. The zero-order valence-electron chi connectivity index (χ0n) is 13.5. The van der Waals surface area contributed by atoms with Crippen molar-refractivity contribution in [2.24, 2.45) is 0 Å². The quantitative estimate of drug-likeness (QED) is 0.772. The second kappa shape index (κ2) is 7.03. The summed E-state index contributed by atoms with van der Waals surface area (Å²) in [6.45, 7) is 1.13. The maximum Gasteiger partial charge on any atom is 0.258 e. The number of hydrogen-bond acceptors (Lipinski definition) is 4. The van der Waals surface area contributed by atoms with E-state index in [1.165, 1.54) is 0 Å². The number of fused-ring (bicyclic) bond motifs is 1. The predicted molar refractivity (Wildman–Crippen MR) is 95.5 cm³/mol. The molecule has 0 aliphatic carbocycles. The van der Waals surface area contributed by atoms with Crippen molar-refractivity contribution in [3.63, 3.8) is 0 Å². The molecule has 0 spiro atoms. The summed E-state index contributed by atoms with van der Waals surface area (Å²) >= 11 is 6.07. The molecular weight excluding hydrogens is 326 g/mol. The van der Waals surface area contributed by atoms with E-state index in [0.717, 1.165) is 11.3 Å². The van der Waals surface area contributed by atoms with E-state index < -0.39 is 0 Å². The number of benzene rings is 2. The Morgan fingerprint density at radius 2 is 2.00 bits per heavy atom. The molecule has 0 aliphatic rings. The standard InChI is InChI=1S/C18H18ClN3O2/c1-22(10-12-9-13(19)7-8-16(12)24-2)11-17-20-15-6-4-3-5-14(15)18(23)21-17/h3-9H,10-11H2,1-2H3,(H,20,21,23). The highest BCUT2D eigenvalue weighted by atomic mass is 35.5. The average molecular weight is 344 g/mol. The summed E-state index contributed by atoms with van der Waals surface area (Å²) in [4.78, 5) is 21.5. The minimum atomic E-state index is -0.121. The molecule has 3 aromatic rings. The number of ether oxygens (including phenoxy) is 1. The maximum absolute atomic E-state index is 12.1. The van der Waals surface area contributed by atoms with Gasteiger partial charge >= 0.3 is 0 Å². The molecule has 124 valence electrons. The van der Waals surface area contributed by atoms with Gasteiger partial charge in [0.05, 0.1) is 24.6 Å². The van der Waals surface area contributed by atoms with Crippen molar-refractivity contribution in [1.82, 2.24) is 14.9 Å². The lowest BCUT2D eigenvalue weighted by atomic mass is 10.2. The fraction of sp³-hybridized carbons (Fsp3) is 0.222. The van der Waals surface area contributed by atoms with Crippen LogP contribution in [0.2, 0.25) is 5.02 Å². The number of methoxy groups -OCH3 is 1. The molecule has 2 aromatic carbocycles. The molecule has 1 N–H and O–H groups in total. The average Bonchev–Trinajstić information content (AvgIpc) is 2.55. The zero-order chi connectivity index (χ0) is 17.1. The molecule has 0 atom stereocenters. The number of para-hydroxylation sites is 1. The van der Waals surface area contributed by atoms with Crippen molar-refractivity contribution < 1.29 is 4.74 Å².